The zero-order valence-electron chi connectivity index (χ0n) is 13.6. The highest BCUT2D eigenvalue weighted by Gasteiger charge is 2.05. The van der Waals surface area contributed by atoms with E-state index in [9.17, 15) is 4.39 Å². The Morgan fingerprint density at radius 2 is 1.64 bits per heavy atom. The second-order valence-electron chi connectivity index (χ2n) is 5.67. The lowest BCUT2D eigenvalue weighted by Gasteiger charge is -2.13. The number of rotatable bonds is 5. The fourth-order valence-corrected chi connectivity index (χ4v) is 2.67. The molecule has 0 bridgehead atoms. The Morgan fingerprint density at radius 3 is 2.36 bits per heavy atom. The topological polar surface area (TPSA) is 47.9 Å². The molecule has 0 aliphatic rings. The van der Waals surface area contributed by atoms with Gasteiger partial charge in [0.25, 0.3) is 0 Å². The molecule has 3 aromatic rings. The molecule has 0 saturated carbocycles. The zero-order chi connectivity index (χ0) is 17.8. The summed E-state index contributed by atoms with van der Waals surface area (Å²) in [6.07, 6.45) is 1.28. The number of benzene rings is 3. The smallest absolute Gasteiger partial charge is 0.126 e. The Morgan fingerprint density at radius 1 is 0.920 bits per heavy atom. The van der Waals surface area contributed by atoms with E-state index in [1.165, 1.54) is 12.3 Å². The van der Waals surface area contributed by atoms with E-state index in [0.717, 1.165) is 22.7 Å². The third kappa shape index (κ3) is 4.17. The first-order valence-corrected chi connectivity index (χ1v) is 8.13. The van der Waals surface area contributed by atoms with Crippen molar-refractivity contribution >= 4 is 40.6 Å². The molecule has 126 valence electrons. The summed E-state index contributed by atoms with van der Waals surface area (Å²) in [6, 6.07) is 17.9. The van der Waals surface area contributed by atoms with Gasteiger partial charge in [-0.15, -0.1) is 0 Å². The minimum atomic E-state index is -0.237. The van der Waals surface area contributed by atoms with Crippen LogP contribution >= 0.6 is 11.6 Å². The number of hydrogen-bond donors (Lipinski definition) is 3. The van der Waals surface area contributed by atoms with Gasteiger partial charge in [0.1, 0.15) is 5.82 Å². The van der Waals surface area contributed by atoms with E-state index in [0.29, 0.717) is 16.1 Å². The Balaban J connectivity index is 1.84. The molecule has 0 spiro atoms. The molecule has 3 rings (SSSR count). The summed E-state index contributed by atoms with van der Waals surface area (Å²) in [5.41, 5.74) is 4.56. The van der Waals surface area contributed by atoms with Crippen molar-refractivity contribution < 1.29 is 4.39 Å². The van der Waals surface area contributed by atoms with E-state index in [4.69, 9.17) is 17.0 Å². The summed E-state index contributed by atoms with van der Waals surface area (Å²) in [6.45, 7) is 1.72. The molecule has 5 heteroatoms. The third-order valence-electron chi connectivity index (χ3n) is 3.76. The third-order valence-corrected chi connectivity index (χ3v) is 3.99. The van der Waals surface area contributed by atoms with Crippen LogP contribution in [0.3, 0.4) is 0 Å². The molecule has 0 saturated heterocycles. The maximum absolute atomic E-state index is 13.4. The highest BCUT2D eigenvalue weighted by atomic mass is 35.5. The molecule has 3 N–H and O–H groups in total. The van der Waals surface area contributed by atoms with E-state index < -0.39 is 0 Å². The number of nitrogens with one attached hydrogen (secondary N) is 3. The average molecular weight is 354 g/mol. The maximum Gasteiger partial charge on any atom is 0.126 e. The zero-order valence-corrected chi connectivity index (χ0v) is 14.4. The van der Waals surface area contributed by atoms with Crippen molar-refractivity contribution in [2.45, 2.75) is 6.92 Å². The summed E-state index contributed by atoms with van der Waals surface area (Å²) in [5.74, 6) is -0.237. The Hall–Kier alpha value is -2.85. The predicted octanol–water partition coefficient (Wildman–Crippen LogP) is 6.27. The van der Waals surface area contributed by atoms with E-state index in [1.807, 2.05) is 42.5 Å². The van der Waals surface area contributed by atoms with Crippen LogP contribution in [-0.4, -0.2) is 6.21 Å². The van der Waals surface area contributed by atoms with Gasteiger partial charge in [-0.3, -0.25) is 0 Å². The van der Waals surface area contributed by atoms with Crippen LogP contribution in [0.4, 0.5) is 27.1 Å². The van der Waals surface area contributed by atoms with Crippen molar-refractivity contribution in [1.29, 1.82) is 5.41 Å². The lowest BCUT2D eigenvalue weighted by atomic mass is 10.1. The van der Waals surface area contributed by atoms with Gasteiger partial charge < -0.3 is 16.0 Å². The first-order valence-electron chi connectivity index (χ1n) is 7.75. The highest BCUT2D eigenvalue weighted by molar-refractivity contribution is 6.30. The molecule has 0 amide bonds. The fraction of sp³-hybridized carbons (Fsp3) is 0.0500. The van der Waals surface area contributed by atoms with Gasteiger partial charge in [0.2, 0.25) is 0 Å². The Bertz CT molecular complexity index is 925. The average Bonchev–Trinajstić information content (AvgIpc) is 2.59. The molecule has 0 aromatic heterocycles. The van der Waals surface area contributed by atoms with Crippen LogP contribution in [0.25, 0.3) is 0 Å². The summed E-state index contributed by atoms with van der Waals surface area (Å²) < 4.78 is 13.4. The summed E-state index contributed by atoms with van der Waals surface area (Å²) >= 11 is 6.00. The van der Waals surface area contributed by atoms with Crippen molar-refractivity contribution in [2.75, 3.05) is 10.6 Å². The normalized spacial score (nSPS) is 10.4. The van der Waals surface area contributed by atoms with Crippen LogP contribution in [0.15, 0.2) is 60.7 Å². The minimum absolute atomic E-state index is 0.237. The molecule has 0 atom stereocenters. The van der Waals surface area contributed by atoms with Crippen LogP contribution < -0.4 is 10.6 Å². The van der Waals surface area contributed by atoms with Gasteiger partial charge in [0.05, 0.1) is 0 Å². The lowest BCUT2D eigenvalue weighted by Crippen LogP contribution is -1.98. The highest BCUT2D eigenvalue weighted by Crippen LogP contribution is 2.26. The number of aryl methyl sites for hydroxylation is 1. The second-order valence-corrected chi connectivity index (χ2v) is 6.11. The van der Waals surface area contributed by atoms with Crippen molar-refractivity contribution in [2.24, 2.45) is 0 Å². The standard InChI is InChI=1S/C20H17ClFN3/c1-13-9-17(5-7-19(13)22)25-20-8-6-18(10-14(20)12-23)24-16-4-2-3-15(21)11-16/h2-12,23-25H,1H3. The molecular weight excluding hydrogens is 337 g/mol. The fourth-order valence-electron chi connectivity index (χ4n) is 2.48. The van der Waals surface area contributed by atoms with Crippen molar-refractivity contribution in [1.82, 2.24) is 0 Å². The van der Waals surface area contributed by atoms with Gasteiger partial charge in [-0.1, -0.05) is 17.7 Å². The minimum Gasteiger partial charge on any atom is -0.355 e. The monoisotopic (exact) mass is 353 g/mol. The Labute approximate surface area is 151 Å². The Kier molecular flexibility index (Phi) is 5.00. The van der Waals surface area contributed by atoms with Crippen LogP contribution in [0.1, 0.15) is 11.1 Å². The summed E-state index contributed by atoms with van der Waals surface area (Å²) in [5, 5.41) is 14.8. The van der Waals surface area contributed by atoms with E-state index in [2.05, 4.69) is 10.6 Å². The van der Waals surface area contributed by atoms with Gasteiger partial charge in [-0.2, -0.15) is 0 Å². The number of hydrogen-bond acceptors (Lipinski definition) is 3. The van der Waals surface area contributed by atoms with Crippen molar-refractivity contribution in [3.05, 3.63) is 82.6 Å². The van der Waals surface area contributed by atoms with Gasteiger partial charge in [-0.25, -0.2) is 4.39 Å². The first kappa shape index (κ1) is 17.0. The molecule has 0 radical (unpaired) electrons. The summed E-state index contributed by atoms with van der Waals surface area (Å²) in [4.78, 5) is 0. The van der Waals surface area contributed by atoms with Crippen LogP contribution in [-0.2, 0) is 0 Å². The van der Waals surface area contributed by atoms with Gasteiger partial charge in [-0.05, 0) is 67.1 Å². The van der Waals surface area contributed by atoms with Gasteiger partial charge >= 0.3 is 0 Å². The van der Waals surface area contributed by atoms with E-state index in [1.54, 1.807) is 19.1 Å². The van der Waals surface area contributed by atoms with Crippen molar-refractivity contribution in [3.8, 4) is 0 Å². The molecule has 25 heavy (non-hydrogen) atoms. The van der Waals surface area contributed by atoms with Gasteiger partial charge in [0, 0.05) is 39.6 Å². The van der Waals surface area contributed by atoms with Crippen molar-refractivity contribution in [3.63, 3.8) is 0 Å². The number of halogens is 2. The predicted molar refractivity (Wildman–Crippen MR) is 103 cm³/mol. The number of anilines is 4. The van der Waals surface area contributed by atoms with Crippen LogP contribution in [0.5, 0.6) is 0 Å². The molecule has 0 heterocycles. The van der Waals surface area contributed by atoms with E-state index >= 15 is 0 Å². The molecule has 0 aliphatic carbocycles. The second kappa shape index (κ2) is 7.36. The van der Waals surface area contributed by atoms with Gasteiger partial charge in [0.15, 0.2) is 0 Å². The SMILES string of the molecule is Cc1cc(Nc2ccc(Nc3cccc(Cl)c3)cc2C=N)ccc1F. The van der Waals surface area contributed by atoms with Crippen LogP contribution in [0, 0.1) is 18.2 Å². The quantitative estimate of drug-likeness (QED) is 0.473. The van der Waals surface area contributed by atoms with E-state index in [-0.39, 0.29) is 5.82 Å². The largest absolute Gasteiger partial charge is 0.355 e. The first-order chi connectivity index (χ1) is 12.0. The van der Waals surface area contributed by atoms with Crippen LogP contribution in [0.2, 0.25) is 5.02 Å². The molecule has 3 nitrogen and oxygen atoms in total. The molecular formula is C20H17ClFN3. The molecule has 3 aromatic carbocycles. The maximum atomic E-state index is 13.4. The molecule has 0 aliphatic heterocycles. The lowest BCUT2D eigenvalue weighted by molar-refractivity contribution is 0.619. The molecule has 0 fully saturated rings. The summed E-state index contributed by atoms with van der Waals surface area (Å²) in [7, 11) is 0. The molecule has 0 unspecified atom stereocenters.